The Balaban J connectivity index is 2.09. The Labute approximate surface area is 135 Å². The quantitative estimate of drug-likeness (QED) is 0.648. The van der Waals surface area contributed by atoms with Gasteiger partial charge in [0.1, 0.15) is 17.2 Å². The lowest BCUT2D eigenvalue weighted by Crippen LogP contribution is -2.38. The van der Waals surface area contributed by atoms with Gasteiger partial charge in [-0.2, -0.15) is 0 Å². The maximum Gasteiger partial charge on any atom is 0.272 e. The predicted octanol–water partition coefficient (Wildman–Crippen LogP) is 2.51. The summed E-state index contributed by atoms with van der Waals surface area (Å²) in [4.78, 5) is 21.8. The molecule has 0 aliphatic heterocycles. The van der Waals surface area contributed by atoms with Crippen LogP contribution in [0.3, 0.4) is 0 Å². The maximum atomic E-state index is 13.8. The molecule has 0 heterocycles. The van der Waals surface area contributed by atoms with Crippen LogP contribution in [0.1, 0.15) is 22.8 Å². The molecule has 0 radical (unpaired) electrons. The molecule has 6 nitrogen and oxygen atoms in total. The zero-order chi connectivity index (χ0) is 17.9. The highest BCUT2D eigenvalue weighted by molar-refractivity contribution is 5.94. The first-order valence-electron chi connectivity index (χ1n) is 6.91. The van der Waals surface area contributed by atoms with Crippen molar-refractivity contribution in [1.29, 1.82) is 0 Å². The van der Waals surface area contributed by atoms with Crippen LogP contribution < -0.4 is 5.32 Å². The molecule has 0 aliphatic carbocycles. The summed E-state index contributed by atoms with van der Waals surface area (Å²) >= 11 is 0. The average molecular weight is 336 g/mol. The van der Waals surface area contributed by atoms with Gasteiger partial charge in [0.15, 0.2) is 0 Å². The summed E-state index contributed by atoms with van der Waals surface area (Å²) in [5.41, 5.74) is -1.98. The van der Waals surface area contributed by atoms with E-state index < -0.39 is 33.8 Å². The Kier molecular flexibility index (Phi) is 4.89. The molecule has 1 unspecified atom stereocenters. The second-order valence-electron chi connectivity index (χ2n) is 5.38. The Hall–Kier alpha value is -2.87. The third-order valence-corrected chi connectivity index (χ3v) is 3.47. The van der Waals surface area contributed by atoms with Crippen LogP contribution >= 0.6 is 0 Å². The number of nitrogens with one attached hydrogen (secondary N) is 1. The van der Waals surface area contributed by atoms with Crippen LogP contribution in [0, 0.1) is 21.7 Å². The van der Waals surface area contributed by atoms with Gasteiger partial charge in [0.05, 0.1) is 23.1 Å². The summed E-state index contributed by atoms with van der Waals surface area (Å²) < 4.78 is 26.7. The molecule has 1 atom stereocenters. The number of rotatable bonds is 5. The van der Waals surface area contributed by atoms with E-state index in [2.05, 4.69) is 5.32 Å². The molecule has 126 valence electrons. The standard InChI is InChI=1S/C16H14F2N2O4/c1-16(22,10-2-4-11(17)5-3-10)9-19-15(21)13-7-6-12(20(23)24)8-14(13)18/h2-8,22H,9H2,1H3,(H,19,21). The number of nitrogens with zero attached hydrogens (tertiary/aromatic N) is 1. The molecule has 2 aromatic carbocycles. The van der Waals surface area contributed by atoms with E-state index in [0.717, 1.165) is 12.1 Å². The molecule has 24 heavy (non-hydrogen) atoms. The molecular weight excluding hydrogens is 322 g/mol. The number of benzene rings is 2. The number of hydrogen-bond acceptors (Lipinski definition) is 4. The molecular formula is C16H14F2N2O4. The molecule has 2 aromatic rings. The van der Waals surface area contributed by atoms with Gasteiger partial charge in [0.25, 0.3) is 11.6 Å². The Morgan fingerprint density at radius 3 is 2.42 bits per heavy atom. The van der Waals surface area contributed by atoms with Crippen LogP contribution in [0.25, 0.3) is 0 Å². The highest BCUT2D eigenvalue weighted by Crippen LogP contribution is 2.21. The van der Waals surface area contributed by atoms with Gasteiger partial charge in [0.2, 0.25) is 0 Å². The minimum Gasteiger partial charge on any atom is -0.384 e. The fraction of sp³-hybridized carbons (Fsp3) is 0.188. The van der Waals surface area contributed by atoms with Gasteiger partial charge in [-0.25, -0.2) is 8.78 Å². The van der Waals surface area contributed by atoms with Gasteiger partial charge in [-0.05, 0) is 30.7 Å². The number of aliphatic hydroxyl groups is 1. The second kappa shape index (κ2) is 6.71. The van der Waals surface area contributed by atoms with Gasteiger partial charge >= 0.3 is 0 Å². The lowest BCUT2D eigenvalue weighted by Gasteiger charge is -2.24. The number of carbonyl (C=O) groups is 1. The molecule has 2 N–H and O–H groups in total. The Bertz CT molecular complexity index is 776. The monoisotopic (exact) mass is 336 g/mol. The Morgan fingerprint density at radius 2 is 1.88 bits per heavy atom. The third-order valence-electron chi connectivity index (χ3n) is 3.47. The predicted molar refractivity (Wildman–Crippen MR) is 81.4 cm³/mol. The first kappa shape index (κ1) is 17.5. The van der Waals surface area contributed by atoms with E-state index >= 15 is 0 Å². The van der Waals surface area contributed by atoms with Crippen LogP contribution in [0.2, 0.25) is 0 Å². The van der Waals surface area contributed by atoms with Gasteiger partial charge in [-0.1, -0.05) is 12.1 Å². The highest BCUT2D eigenvalue weighted by atomic mass is 19.1. The van der Waals surface area contributed by atoms with Gasteiger partial charge in [-0.15, -0.1) is 0 Å². The van der Waals surface area contributed by atoms with Gasteiger partial charge in [-0.3, -0.25) is 14.9 Å². The van der Waals surface area contributed by atoms with E-state index in [1.165, 1.54) is 31.2 Å². The summed E-state index contributed by atoms with van der Waals surface area (Å²) in [6.07, 6.45) is 0. The zero-order valence-electron chi connectivity index (χ0n) is 12.6. The van der Waals surface area contributed by atoms with Crippen molar-refractivity contribution in [2.45, 2.75) is 12.5 Å². The fourth-order valence-electron chi connectivity index (χ4n) is 2.06. The number of nitro benzene ring substituents is 1. The number of non-ortho nitro benzene ring substituents is 1. The van der Waals surface area contributed by atoms with Crippen molar-refractivity contribution in [1.82, 2.24) is 5.32 Å². The van der Waals surface area contributed by atoms with Gasteiger partial charge in [0, 0.05) is 6.07 Å². The van der Waals surface area contributed by atoms with E-state index in [-0.39, 0.29) is 12.1 Å². The smallest absolute Gasteiger partial charge is 0.272 e. The average Bonchev–Trinajstić information content (AvgIpc) is 2.53. The molecule has 0 fully saturated rings. The zero-order valence-corrected chi connectivity index (χ0v) is 12.6. The Morgan fingerprint density at radius 1 is 1.25 bits per heavy atom. The van der Waals surface area contributed by atoms with Crippen LogP contribution in [-0.2, 0) is 5.60 Å². The number of nitro groups is 1. The lowest BCUT2D eigenvalue weighted by molar-refractivity contribution is -0.385. The maximum absolute atomic E-state index is 13.8. The third kappa shape index (κ3) is 3.90. The summed E-state index contributed by atoms with van der Waals surface area (Å²) in [6.45, 7) is 1.15. The molecule has 0 saturated heterocycles. The van der Waals surface area contributed by atoms with E-state index in [4.69, 9.17) is 0 Å². The van der Waals surface area contributed by atoms with Crippen LogP contribution in [0.4, 0.5) is 14.5 Å². The van der Waals surface area contributed by atoms with Crippen molar-refractivity contribution in [3.05, 3.63) is 75.3 Å². The molecule has 8 heteroatoms. The van der Waals surface area contributed by atoms with E-state index in [1.807, 2.05) is 0 Å². The van der Waals surface area contributed by atoms with Crippen LogP contribution in [0.5, 0.6) is 0 Å². The number of amides is 1. The van der Waals surface area contributed by atoms with E-state index in [1.54, 1.807) is 0 Å². The molecule has 0 aromatic heterocycles. The highest BCUT2D eigenvalue weighted by Gasteiger charge is 2.25. The van der Waals surface area contributed by atoms with Crippen molar-refractivity contribution >= 4 is 11.6 Å². The van der Waals surface area contributed by atoms with Crippen LogP contribution in [0.15, 0.2) is 42.5 Å². The summed E-state index contributed by atoms with van der Waals surface area (Å²) in [5.74, 6) is -2.33. The minimum atomic E-state index is -1.50. The van der Waals surface area contributed by atoms with Gasteiger partial charge < -0.3 is 10.4 Å². The lowest BCUT2D eigenvalue weighted by atomic mass is 9.96. The SMILES string of the molecule is CC(O)(CNC(=O)c1ccc([N+](=O)[O-])cc1F)c1ccc(F)cc1. The van der Waals surface area contributed by atoms with Crippen molar-refractivity contribution in [3.8, 4) is 0 Å². The van der Waals surface area contributed by atoms with Crippen molar-refractivity contribution in [3.63, 3.8) is 0 Å². The largest absolute Gasteiger partial charge is 0.384 e. The van der Waals surface area contributed by atoms with E-state index in [0.29, 0.717) is 11.6 Å². The molecule has 1 amide bonds. The topological polar surface area (TPSA) is 92.5 Å². The molecule has 0 aliphatic rings. The normalized spacial score (nSPS) is 13.2. The minimum absolute atomic E-state index is 0.256. The van der Waals surface area contributed by atoms with Crippen molar-refractivity contribution in [2.75, 3.05) is 6.54 Å². The second-order valence-corrected chi connectivity index (χ2v) is 5.38. The number of halogens is 2. The fourth-order valence-corrected chi connectivity index (χ4v) is 2.06. The molecule has 0 saturated carbocycles. The number of carbonyl (C=O) groups excluding carboxylic acids is 1. The first-order chi connectivity index (χ1) is 11.2. The first-order valence-corrected chi connectivity index (χ1v) is 6.91. The van der Waals surface area contributed by atoms with Crippen molar-refractivity contribution < 1.29 is 23.6 Å². The molecule has 2 rings (SSSR count). The molecule has 0 spiro atoms. The summed E-state index contributed by atoms with van der Waals surface area (Å²) in [7, 11) is 0. The van der Waals surface area contributed by atoms with Crippen LogP contribution in [-0.4, -0.2) is 22.5 Å². The summed E-state index contributed by atoms with van der Waals surface area (Å²) in [6, 6.07) is 7.73. The summed E-state index contributed by atoms with van der Waals surface area (Å²) in [5, 5.41) is 23.2. The van der Waals surface area contributed by atoms with E-state index in [9.17, 15) is 28.8 Å². The molecule has 0 bridgehead atoms. The number of hydrogen-bond donors (Lipinski definition) is 2. The van der Waals surface area contributed by atoms with Crippen molar-refractivity contribution in [2.24, 2.45) is 0 Å².